The Morgan fingerprint density at radius 2 is 2.00 bits per heavy atom. The zero-order valence-electron chi connectivity index (χ0n) is 8.60. The average molecular weight is 221 g/mol. The highest BCUT2D eigenvalue weighted by Crippen LogP contribution is 2.23. The molecule has 1 amide bonds. The summed E-state index contributed by atoms with van der Waals surface area (Å²) in [5, 5.41) is 20.1. The molecule has 0 saturated carbocycles. The van der Waals surface area contributed by atoms with Crippen LogP contribution in [0.3, 0.4) is 0 Å². The van der Waals surface area contributed by atoms with E-state index in [1.54, 1.807) is 12.1 Å². The predicted octanol–water partition coefficient (Wildman–Crippen LogP) is 1.28. The van der Waals surface area contributed by atoms with Crippen molar-refractivity contribution >= 4 is 17.6 Å². The maximum atomic E-state index is 11.2. The summed E-state index contributed by atoms with van der Waals surface area (Å²) in [5.74, 6) is -1.88. The van der Waals surface area contributed by atoms with Crippen molar-refractivity contribution in [1.82, 2.24) is 0 Å². The number of phenols is 1. The lowest BCUT2D eigenvalue weighted by Crippen LogP contribution is -2.08. The lowest BCUT2D eigenvalue weighted by Gasteiger charge is -2.05. The lowest BCUT2D eigenvalue weighted by molar-refractivity contribution is -0.131. The Labute approximate surface area is 92.0 Å². The first kappa shape index (κ1) is 11.8. The van der Waals surface area contributed by atoms with Gasteiger partial charge in [0.05, 0.1) is 5.69 Å². The molecule has 3 N–H and O–H groups in total. The molecule has 84 valence electrons. The van der Waals surface area contributed by atoms with Gasteiger partial charge in [-0.1, -0.05) is 6.07 Å². The zero-order chi connectivity index (χ0) is 12.1. The van der Waals surface area contributed by atoms with Crippen LogP contribution in [-0.2, 0) is 9.59 Å². The summed E-state index contributed by atoms with van der Waals surface area (Å²) < 4.78 is 0. The van der Waals surface area contributed by atoms with Gasteiger partial charge in [-0.05, 0) is 24.6 Å². The van der Waals surface area contributed by atoms with Gasteiger partial charge in [-0.15, -0.1) is 0 Å². The van der Waals surface area contributed by atoms with Crippen LogP contribution < -0.4 is 5.32 Å². The molecule has 0 aliphatic heterocycles. The molecule has 0 atom stereocenters. The fourth-order valence-electron chi connectivity index (χ4n) is 1.07. The minimum absolute atomic E-state index is 0.0670. The van der Waals surface area contributed by atoms with Crippen LogP contribution in [0.15, 0.2) is 30.4 Å². The summed E-state index contributed by atoms with van der Waals surface area (Å²) >= 11 is 0. The monoisotopic (exact) mass is 221 g/mol. The molecule has 1 aromatic carbocycles. The number of carboxylic acid groups (broad SMARTS) is 1. The van der Waals surface area contributed by atoms with Crippen molar-refractivity contribution in [3.8, 4) is 5.75 Å². The number of hydrogen-bond donors (Lipinski definition) is 3. The third-order valence-electron chi connectivity index (χ3n) is 1.79. The van der Waals surface area contributed by atoms with Gasteiger partial charge < -0.3 is 15.5 Å². The largest absolute Gasteiger partial charge is 0.506 e. The number of carbonyl (C=O) groups is 2. The van der Waals surface area contributed by atoms with Gasteiger partial charge in [0, 0.05) is 12.2 Å². The minimum atomic E-state index is -1.20. The highest BCUT2D eigenvalue weighted by Gasteiger charge is 2.04. The standard InChI is InChI=1S/C11H11NO4/c1-7-2-3-9(13)8(6-7)12-10(14)4-5-11(15)16/h2-6,13H,1H3,(H,12,14)(H,15,16)/b5-4+. The van der Waals surface area contributed by atoms with Crippen molar-refractivity contribution in [3.05, 3.63) is 35.9 Å². The van der Waals surface area contributed by atoms with Crippen LogP contribution in [0.5, 0.6) is 5.75 Å². The van der Waals surface area contributed by atoms with E-state index in [9.17, 15) is 14.7 Å². The SMILES string of the molecule is Cc1ccc(O)c(NC(=O)/C=C/C(=O)O)c1. The normalized spacial score (nSPS) is 10.3. The first-order valence-electron chi connectivity index (χ1n) is 4.50. The Kier molecular flexibility index (Phi) is 3.66. The highest BCUT2D eigenvalue weighted by molar-refractivity contribution is 6.03. The van der Waals surface area contributed by atoms with Crippen molar-refractivity contribution in [2.24, 2.45) is 0 Å². The Hall–Kier alpha value is -2.30. The number of benzene rings is 1. The van der Waals surface area contributed by atoms with Gasteiger partial charge in [-0.3, -0.25) is 4.79 Å². The van der Waals surface area contributed by atoms with Crippen LogP contribution in [-0.4, -0.2) is 22.1 Å². The van der Waals surface area contributed by atoms with Crippen molar-refractivity contribution in [2.75, 3.05) is 5.32 Å². The number of rotatable bonds is 3. The molecule has 0 unspecified atom stereocenters. The Bertz CT molecular complexity index is 451. The maximum absolute atomic E-state index is 11.2. The van der Waals surface area contributed by atoms with Crippen LogP contribution in [0.2, 0.25) is 0 Å². The second-order valence-electron chi connectivity index (χ2n) is 3.18. The van der Waals surface area contributed by atoms with E-state index in [4.69, 9.17) is 5.11 Å². The van der Waals surface area contributed by atoms with Gasteiger partial charge in [0.1, 0.15) is 5.75 Å². The van der Waals surface area contributed by atoms with Crippen LogP contribution in [0.1, 0.15) is 5.56 Å². The van der Waals surface area contributed by atoms with Crippen LogP contribution in [0.4, 0.5) is 5.69 Å². The van der Waals surface area contributed by atoms with Crippen molar-refractivity contribution < 1.29 is 19.8 Å². The molecule has 0 bridgehead atoms. The third kappa shape index (κ3) is 3.45. The lowest BCUT2D eigenvalue weighted by atomic mass is 10.2. The minimum Gasteiger partial charge on any atom is -0.506 e. The predicted molar refractivity (Wildman–Crippen MR) is 58.2 cm³/mol. The molecule has 0 aliphatic carbocycles. The fraction of sp³-hybridized carbons (Fsp3) is 0.0909. The fourth-order valence-corrected chi connectivity index (χ4v) is 1.07. The van der Waals surface area contributed by atoms with Crippen molar-refractivity contribution in [3.63, 3.8) is 0 Å². The number of carbonyl (C=O) groups excluding carboxylic acids is 1. The first-order chi connectivity index (χ1) is 7.49. The van der Waals surface area contributed by atoms with Gasteiger partial charge in [-0.2, -0.15) is 0 Å². The number of anilines is 1. The second-order valence-corrected chi connectivity index (χ2v) is 3.18. The number of aliphatic carboxylic acids is 1. The second kappa shape index (κ2) is 4.97. The van der Waals surface area contributed by atoms with Crippen LogP contribution in [0, 0.1) is 6.92 Å². The number of aryl methyl sites for hydroxylation is 1. The number of amides is 1. The zero-order valence-corrected chi connectivity index (χ0v) is 8.60. The summed E-state index contributed by atoms with van der Waals surface area (Å²) in [4.78, 5) is 21.4. The van der Waals surface area contributed by atoms with E-state index in [1.807, 2.05) is 6.92 Å². The number of phenolic OH excluding ortho intramolecular Hbond substituents is 1. The van der Waals surface area contributed by atoms with E-state index in [2.05, 4.69) is 5.32 Å². The van der Waals surface area contributed by atoms with E-state index < -0.39 is 11.9 Å². The molecule has 16 heavy (non-hydrogen) atoms. The smallest absolute Gasteiger partial charge is 0.328 e. The van der Waals surface area contributed by atoms with E-state index in [-0.39, 0.29) is 11.4 Å². The number of nitrogens with one attached hydrogen (secondary N) is 1. The highest BCUT2D eigenvalue weighted by atomic mass is 16.4. The topological polar surface area (TPSA) is 86.6 Å². The summed E-state index contributed by atoms with van der Waals surface area (Å²) in [6.07, 6.45) is 1.60. The van der Waals surface area contributed by atoms with Crippen LogP contribution in [0.25, 0.3) is 0 Å². The molecule has 0 fully saturated rings. The molecule has 5 nitrogen and oxygen atoms in total. The summed E-state index contributed by atoms with van der Waals surface area (Å²) in [6.45, 7) is 1.81. The molecule has 0 spiro atoms. The molecule has 5 heteroatoms. The van der Waals surface area contributed by atoms with E-state index in [0.717, 1.165) is 17.7 Å². The number of aromatic hydroxyl groups is 1. The number of hydrogen-bond acceptors (Lipinski definition) is 3. The van der Waals surface area contributed by atoms with E-state index in [1.165, 1.54) is 6.07 Å². The summed E-state index contributed by atoms with van der Waals surface area (Å²) in [7, 11) is 0. The summed E-state index contributed by atoms with van der Waals surface area (Å²) in [5.41, 5.74) is 1.12. The Morgan fingerprint density at radius 1 is 1.31 bits per heavy atom. The Morgan fingerprint density at radius 3 is 2.62 bits per heavy atom. The quantitative estimate of drug-likeness (QED) is 0.530. The van der Waals surface area contributed by atoms with E-state index >= 15 is 0 Å². The molecule has 1 aromatic rings. The van der Waals surface area contributed by atoms with Crippen molar-refractivity contribution in [2.45, 2.75) is 6.92 Å². The van der Waals surface area contributed by atoms with E-state index in [0.29, 0.717) is 0 Å². The molecular weight excluding hydrogens is 210 g/mol. The third-order valence-corrected chi connectivity index (χ3v) is 1.79. The van der Waals surface area contributed by atoms with Crippen LogP contribution >= 0.6 is 0 Å². The number of carboxylic acids is 1. The molecule has 0 radical (unpaired) electrons. The van der Waals surface area contributed by atoms with Gasteiger partial charge in [0.25, 0.3) is 0 Å². The molecular formula is C11H11NO4. The average Bonchev–Trinajstić information content (AvgIpc) is 2.20. The van der Waals surface area contributed by atoms with Gasteiger partial charge in [0.2, 0.25) is 5.91 Å². The molecule has 0 heterocycles. The molecule has 1 rings (SSSR count). The van der Waals surface area contributed by atoms with Gasteiger partial charge in [-0.25, -0.2) is 4.79 Å². The van der Waals surface area contributed by atoms with Gasteiger partial charge >= 0.3 is 5.97 Å². The van der Waals surface area contributed by atoms with Crippen molar-refractivity contribution in [1.29, 1.82) is 0 Å². The molecule has 0 saturated heterocycles. The Balaban J connectivity index is 2.77. The first-order valence-corrected chi connectivity index (χ1v) is 4.50. The maximum Gasteiger partial charge on any atom is 0.328 e. The molecule has 0 aromatic heterocycles. The summed E-state index contributed by atoms with van der Waals surface area (Å²) in [6, 6.07) is 4.73. The van der Waals surface area contributed by atoms with Gasteiger partial charge in [0.15, 0.2) is 0 Å². The molecule has 0 aliphatic rings.